The molecule has 0 radical (unpaired) electrons. The van der Waals surface area contributed by atoms with Gasteiger partial charge >= 0.3 is 11.9 Å². The van der Waals surface area contributed by atoms with E-state index in [1.807, 2.05) is 48.5 Å². The molecule has 0 N–H and O–H groups in total. The molecular weight excluding hydrogens is 292 g/mol. The summed E-state index contributed by atoms with van der Waals surface area (Å²) in [4.78, 5) is 23.4. The van der Waals surface area contributed by atoms with Gasteiger partial charge in [-0.1, -0.05) is 48.5 Å². The first-order valence-electron chi connectivity index (χ1n) is 7.49. The van der Waals surface area contributed by atoms with Gasteiger partial charge in [-0.25, -0.2) is 0 Å². The number of carbonyl (C=O) groups excluding carboxylic acids is 2. The lowest BCUT2D eigenvalue weighted by molar-refractivity contribution is -0.185. The highest BCUT2D eigenvalue weighted by atomic mass is 16.6. The Hall–Kier alpha value is -2.62. The Bertz CT molecular complexity index is 780. The summed E-state index contributed by atoms with van der Waals surface area (Å²) in [6, 6.07) is 15.4. The minimum Gasteiger partial charge on any atom is -0.453 e. The Morgan fingerprint density at radius 1 is 0.913 bits per heavy atom. The maximum Gasteiger partial charge on any atom is 0.303 e. The fraction of sp³-hybridized carbons (Fsp3) is 0.263. The largest absolute Gasteiger partial charge is 0.453 e. The van der Waals surface area contributed by atoms with E-state index in [9.17, 15) is 9.59 Å². The van der Waals surface area contributed by atoms with Gasteiger partial charge in [0.25, 0.3) is 0 Å². The molecule has 2 aromatic rings. The molecule has 1 aliphatic rings. The zero-order valence-electron chi connectivity index (χ0n) is 13.3. The number of benzene rings is 2. The first kappa shape index (κ1) is 15.3. The number of fused-ring (bicyclic) bond motifs is 3. The average Bonchev–Trinajstić information content (AvgIpc) is 2.51. The molecule has 0 unspecified atom stereocenters. The normalized spacial score (nSPS) is 21.8. The van der Waals surface area contributed by atoms with E-state index in [1.165, 1.54) is 13.8 Å². The molecule has 0 aliphatic heterocycles. The van der Waals surface area contributed by atoms with Crippen LogP contribution in [0.15, 0.2) is 48.5 Å². The van der Waals surface area contributed by atoms with Crippen molar-refractivity contribution in [2.75, 3.05) is 0 Å². The zero-order valence-corrected chi connectivity index (χ0v) is 13.3. The van der Waals surface area contributed by atoms with Crippen molar-refractivity contribution < 1.29 is 19.1 Å². The van der Waals surface area contributed by atoms with Crippen LogP contribution in [0.3, 0.4) is 0 Å². The van der Waals surface area contributed by atoms with Crippen LogP contribution in [0.2, 0.25) is 0 Å². The summed E-state index contributed by atoms with van der Waals surface area (Å²) in [7, 11) is 0. The summed E-state index contributed by atoms with van der Waals surface area (Å²) >= 11 is 0. The van der Waals surface area contributed by atoms with Crippen molar-refractivity contribution in [1.29, 1.82) is 0 Å². The second-order valence-electron chi connectivity index (χ2n) is 5.82. The maximum atomic E-state index is 11.7. The minimum absolute atomic E-state index is 0.414. The van der Waals surface area contributed by atoms with Gasteiger partial charge in [0.15, 0.2) is 11.7 Å². The predicted molar refractivity (Wildman–Crippen MR) is 85.5 cm³/mol. The van der Waals surface area contributed by atoms with Crippen molar-refractivity contribution in [2.45, 2.75) is 32.5 Å². The maximum absolute atomic E-state index is 11.7. The third-order valence-corrected chi connectivity index (χ3v) is 4.14. The summed E-state index contributed by atoms with van der Waals surface area (Å²) < 4.78 is 11.2. The first-order chi connectivity index (χ1) is 10.9. The Morgan fingerprint density at radius 3 is 2.17 bits per heavy atom. The zero-order chi connectivity index (χ0) is 16.6. The van der Waals surface area contributed by atoms with E-state index in [1.54, 1.807) is 6.92 Å². The number of ether oxygens (including phenoxy) is 2. The molecule has 1 aliphatic carbocycles. The molecule has 2 aromatic carbocycles. The Morgan fingerprint density at radius 2 is 1.52 bits per heavy atom. The van der Waals surface area contributed by atoms with Crippen LogP contribution in [0.4, 0.5) is 0 Å². The van der Waals surface area contributed by atoms with Gasteiger partial charge in [0.2, 0.25) is 0 Å². The van der Waals surface area contributed by atoms with Gasteiger partial charge in [-0.2, -0.15) is 0 Å². The molecule has 0 spiro atoms. The van der Waals surface area contributed by atoms with E-state index >= 15 is 0 Å². The predicted octanol–water partition coefficient (Wildman–Crippen LogP) is 3.75. The van der Waals surface area contributed by atoms with E-state index < -0.39 is 23.6 Å². The number of carbonyl (C=O) groups is 2. The van der Waals surface area contributed by atoms with Gasteiger partial charge < -0.3 is 9.47 Å². The monoisotopic (exact) mass is 310 g/mol. The number of rotatable bonds is 2. The summed E-state index contributed by atoms with van der Waals surface area (Å²) in [5.41, 5.74) is 2.57. The third-order valence-electron chi connectivity index (χ3n) is 4.14. The summed E-state index contributed by atoms with van der Waals surface area (Å²) in [5.74, 6) is -0.832. The molecule has 23 heavy (non-hydrogen) atoms. The molecule has 0 saturated carbocycles. The lowest BCUT2D eigenvalue weighted by Crippen LogP contribution is -2.40. The molecule has 4 heteroatoms. The van der Waals surface area contributed by atoms with E-state index in [0.29, 0.717) is 0 Å². The van der Waals surface area contributed by atoms with E-state index in [4.69, 9.17) is 9.47 Å². The van der Waals surface area contributed by atoms with E-state index in [0.717, 1.165) is 22.3 Å². The Labute approximate surface area is 135 Å². The highest BCUT2D eigenvalue weighted by Crippen LogP contribution is 2.51. The van der Waals surface area contributed by atoms with Gasteiger partial charge in [0.05, 0.1) is 0 Å². The fourth-order valence-electron chi connectivity index (χ4n) is 3.31. The van der Waals surface area contributed by atoms with Gasteiger partial charge in [-0.05, 0) is 18.1 Å². The Balaban J connectivity index is 2.28. The summed E-state index contributed by atoms with van der Waals surface area (Å²) in [6.45, 7) is 4.51. The molecule has 3 rings (SSSR count). The molecule has 2 atom stereocenters. The number of hydrogen-bond donors (Lipinski definition) is 0. The second kappa shape index (κ2) is 5.54. The molecule has 0 fully saturated rings. The number of hydrogen-bond acceptors (Lipinski definition) is 4. The number of esters is 2. The molecule has 118 valence electrons. The van der Waals surface area contributed by atoms with Crippen LogP contribution in [0.5, 0.6) is 0 Å². The first-order valence-corrected chi connectivity index (χ1v) is 7.49. The SMILES string of the molecule is CC(=O)O[C@@H]1c2ccccc2-c2ccccc2[C@]1(C)OC(C)=O. The minimum atomic E-state index is -1.07. The van der Waals surface area contributed by atoms with E-state index in [-0.39, 0.29) is 0 Å². The summed E-state index contributed by atoms with van der Waals surface area (Å²) in [6.07, 6.45) is -0.685. The van der Waals surface area contributed by atoms with Gasteiger partial charge in [-0.15, -0.1) is 0 Å². The quantitative estimate of drug-likeness (QED) is 0.793. The molecule has 0 aromatic heterocycles. The van der Waals surface area contributed by atoms with Crippen molar-refractivity contribution >= 4 is 11.9 Å². The van der Waals surface area contributed by atoms with Crippen LogP contribution in [0.1, 0.15) is 38.0 Å². The van der Waals surface area contributed by atoms with Crippen LogP contribution in [0, 0.1) is 0 Å². The van der Waals surface area contributed by atoms with Crippen LogP contribution in [0.25, 0.3) is 11.1 Å². The van der Waals surface area contributed by atoms with Gasteiger partial charge in [-0.3, -0.25) is 9.59 Å². The third kappa shape index (κ3) is 2.50. The fourth-order valence-corrected chi connectivity index (χ4v) is 3.31. The van der Waals surface area contributed by atoms with Crippen molar-refractivity contribution in [3.8, 4) is 11.1 Å². The summed E-state index contributed by atoms with van der Waals surface area (Å²) in [5, 5.41) is 0. The lowest BCUT2D eigenvalue weighted by Gasteiger charge is -2.42. The molecule has 0 bridgehead atoms. The van der Waals surface area contributed by atoms with Crippen LogP contribution in [-0.4, -0.2) is 11.9 Å². The molecule has 0 amide bonds. The van der Waals surface area contributed by atoms with Crippen LogP contribution < -0.4 is 0 Å². The van der Waals surface area contributed by atoms with Crippen molar-refractivity contribution in [3.63, 3.8) is 0 Å². The smallest absolute Gasteiger partial charge is 0.303 e. The van der Waals surface area contributed by atoms with E-state index in [2.05, 4.69) is 0 Å². The second-order valence-corrected chi connectivity index (χ2v) is 5.82. The van der Waals surface area contributed by atoms with Gasteiger partial charge in [0.1, 0.15) is 0 Å². The lowest BCUT2D eigenvalue weighted by atomic mass is 9.74. The highest BCUT2D eigenvalue weighted by Gasteiger charge is 2.48. The molecule has 0 saturated heterocycles. The van der Waals surface area contributed by atoms with Crippen molar-refractivity contribution in [1.82, 2.24) is 0 Å². The molecule has 0 heterocycles. The van der Waals surface area contributed by atoms with Crippen molar-refractivity contribution in [2.24, 2.45) is 0 Å². The average molecular weight is 310 g/mol. The Kier molecular flexibility index (Phi) is 3.68. The standard InChI is InChI=1S/C19H18O4/c1-12(20)22-18-16-10-5-4-8-14(16)15-9-6-7-11-17(15)19(18,3)23-13(2)21/h4-11,18H,1-3H3/t18-,19+/m1/s1. The highest BCUT2D eigenvalue weighted by molar-refractivity contribution is 5.78. The van der Waals surface area contributed by atoms with Gasteiger partial charge in [0, 0.05) is 25.0 Å². The van der Waals surface area contributed by atoms with Crippen LogP contribution in [-0.2, 0) is 24.7 Å². The molecular formula is C19H18O4. The van der Waals surface area contributed by atoms with Crippen molar-refractivity contribution in [3.05, 3.63) is 59.7 Å². The van der Waals surface area contributed by atoms with Crippen LogP contribution >= 0.6 is 0 Å². The molecule has 4 nitrogen and oxygen atoms in total. The topological polar surface area (TPSA) is 52.6 Å².